The number of nitrogens with zero attached hydrogens (tertiary/aromatic N) is 2. The van der Waals surface area contributed by atoms with Gasteiger partial charge in [-0.15, -0.1) is 0 Å². The van der Waals surface area contributed by atoms with E-state index in [4.69, 9.17) is 5.73 Å². The number of benzene rings is 1. The van der Waals surface area contributed by atoms with Gasteiger partial charge in [0.05, 0.1) is 22.0 Å². The second-order valence-corrected chi connectivity index (χ2v) is 5.14. The monoisotopic (exact) mass is 306 g/mol. The quantitative estimate of drug-likeness (QED) is 0.793. The van der Waals surface area contributed by atoms with Crippen LogP contribution < -0.4 is 11.1 Å². The smallest absolute Gasteiger partial charge is 0.224 e. The highest BCUT2D eigenvalue weighted by atomic mass is 79.9. The molecule has 0 aliphatic carbocycles. The zero-order chi connectivity index (χ0) is 12.7. The topological polar surface area (TPSA) is 72.9 Å². The SMILES string of the molecule is Nc1cc2c(cc1-n1cc(Br)cn1)NC(=O)CC2. The average molecular weight is 307 g/mol. The van der Waals surface area contributed by atoms with Crippen molar-refractivity contribution in [2.24, 2.45) is 0 Å². The Labute approximate surface area is 112 Å². The first kappa shape index (κ1) is 11.3. The number of nitrogens with two attached hydrogens (primary N) is 1. The number of fused-ring (bicyclic) bond motifs is 1. The molecule has 0 radical (unpaired) electrons. The molecule has 0 saturated carbocycles. The summed E-state index contributed by atoms with van der Waals surface area (Å²) in [7, 11) is 0. The van der Waals surface area contributed by atoms with Crippen molar-refractivity contribution in [1.82, 2.24) is 9.78 Å². The Hall–Kier alpha value is -1.82. The molecule has 1 aliphatic heterocycles. The Morgan fingerprint density at radius 1 is 1.39 bits per heavy atom. The molecular formula is C12H11BrN4O. The zero-order valence-electron chi connectivity index (χ0n) is 9.48. The van der Waals surface area contributed by atoms with Gasteiger partial charge in [0.15, 0.2) is 0 Å². The number of carbonyl (C=O) groups is 1. The summed E-state index contributed by atoms with van der Waals surface area (Å²) in [6.07, 6.45) is 4.76. The van der Waals surface area contributed by atoms with E-state index in [0.29, 0.717) is 12.1 Å². The molecule has 18 heavy (non-hydrogen) atoms. The number of aromatic nitrogens is 2. The van der Waals surface area contributed by atoms with E-state index in [1.807, 2.05) is 18.3 Å². The zero-order valence-corrected chi connectivity index (χ0v) is 11.1. The lowest BCUT2D eigenvalue weighted by Crippen LogP contribution is -2.19. The Morgan fingerprint density at radius 2 is 2.22 bits per heavy atom. The van der Waals surface area contributed by atoms with E-state index in [1.165, 1.54) is 0 Å². The lowest BCUT2D eigenvalue weighted by molar-refractivity contribution is -0.116. The minimum Gasteiger partial charge on any atom is -0.397 e. The summed E-state index contributed by atoms with van der Waals surface area (Å²) in [6.45, 7) is 0. The van der Waals surface area contributed by atoms with Crippen molar-refractivity contribution in [2.45, 2.75) is 12.8 Å². The van der Waals surface area contributed by atoms with Gasteiger partial charge in [-0.3, -0.25) is 4.79 Å². The van der Waals surface area contributed by atoms with Crippen LogP contribution in [0, 0.1) is 0 Å². The molecule has 5 nitrogen and oxygen atoms in total. The Balaban J connectivity index is 2.11. The number of hydrogen-bond donors (Lipinski definition) is 2. The Morgan fingerprint density at radius 3 is 2.94 bits per heavy atom. The van der Waals surface area contributed by atoms with Gasteiger partial charge in [0, 0.05) is 18.3 Å². The van der Waals surface area contributed by atoms with Gasteiger partial charge >= 0.3 is 0 Å². The molecule has 0 saturated heterocycles. The van der Waals surface area contributed by atoms with Crippen molar-refractivity contribution in [2.75, 3.05) is 11.1 Å². The third kappa shape index (κ3) is 1.88. The third-order valence-corrected chi connectivity index (χ3v) is 3.36. The number of nitrogen functional groups attached to an aromatic ring is 1. The molecule has 0 spiro atoms. The predicted molar refractivity (Wildman–Crippen MR) is 72.6 cm³/mol. The first-order valence-electron chi connectivity index (χ1n) is 5.56. The molecule has 3 rings (SSSR count). The van der Waals surface area contributed by atoms with Gasteiger partial charge in [-0.25, -0.2) is 4.68 Å². The molecule has 0 fully saturated rings. The molecule has 2 heterocycles. The summed E-state index contributed by atoms with van der Waals surface area (Å²) in [6, 6.07) is 3.76. The molecule has 0 unspecified atom stereocenters. The maximum absolute atomic E-state index is 11.4. The minimum absolute atomic E-state index is 0.0415. The van der Waals surface area contributed by atoms with Gasteiger partial charge in [-0.1, -0.05) is 0 Å². The van der Waals surface area contributed by atoms with Crippen LogP contribution in [0.3, 0.4) is 0 Å². The second kappa shape index (κ2) is 4.13. The van der Waals surface area contributed by atoms with E-state index < -0.39 is 0 Å². The van der Waals surface area contributed by atoms with Crippen LogP contribution in [0.5, 0.6) is 0 Å². The first-order chi connectivity index (χ1) is 8.63. The standard InChI is InChI=1S/C12H11BrN4O/c13-8-5-15-17(6-8)11-4-10-7(3-9(11)14)1-2-12(18)16-10/h3-6H,1-2,14H2,(H,16,18). The van der Waals surface area contributed by atoms with E-state index in [9.17, 15) is 4.79 Å². The molecule has 0 bridgehead atoms. The fourth-order valence-electron chi connectivity index (χ4n) is 2.07. The van der Waals surface area contributed by atoms with Gasteiger partial charge < -0.3 is 11.1 Å². The lowest BCUT2D eigenvalue weighted by atomic mass is 10.0. The fourth-order valence-corrected chi connectivity index (χ4v) is 2.35. The van der Waals surface area contributed by atoms with Crippen LogP contribution in [-0.2, 0) is 11.2 Å². The number of hydrogen-bond acceptors (Lipinski definition) is 3. The van der Waals surface area contributed by atoms with Crippen LogP contribution in [-0.4, -0.2) is 15.7 Å². The van der Waals surface area contributed by atoms with Crippen molar-refractivity contribution in [3.05, 3.63) is 34.6 Å². The molecule has 1 aromatic carbocycles. The third-order valence-electron chi connectivity index (χ3n) is 2.95. The minimum atomic E-state index is 0.0415. The normalized spacial score (nSPS) is 14.2. The highest BCUT2D eigenvalue weighted by molar-refractivity contribution is 9.10. The second-order valence-electron chi connectivity index (χ2n) is 4.22. The van der Waals surface area contributed by atoms with Gasteiger partial charge in [0.25, 0.3) is 0 Å². The molecule has 0 atom stereocenters. The number of halogens is 1. The molecular weight excluding hydrogens is 296 g/mol. The van der Waals surface area contributed by atoms with Gasteiger partial charge in [-0.05, 0) is 40.0 Å². The van der Waals surface area contributed by atoms with E-state index in [-0.39, 0.29) is 5.91 Å². The highest BCUT2D eigenvalue weighted by Crippen LogP contribution is 2.30. The maximum Gasteiger partial charge on any atom is 0.224 e. The molecule has 3 N–H and O–H groups in total. The number of rotatable bonds is 1. The van der Waals surface area contributed by atoms with E-state index in [2.05, 4.69) is 26.3 Å². The number of anilines is 2. The molecule has 2 aromatic rings. The predicted octanol–water partition coefficient (Wildman–Crippen LogP) is 2.10. The number of nitrogens with one attached hydrogen (secondary N) is 1. The lowest BCUT2D eigenvalue weighted by Gasteiger charge is -2.19. The molecule has 92 valence electrons. The van der Waals surface area contributed by atoms with Crippen molar-refractivity contribution in [3.63, 3.8) is 0 Å². The first-order valence-corrected chi connectivity index (χ1v) is 6.35. The number of carbonyl (C=O) groups excluding carboxylic acids is 1. The average Bonchev–Trinajstić information content (AvgIpc) is 2.75. The maximum atomic E-state index is 11.4. The van der Waals surface area contributed by atoms with Crippen LogP contribution >= 0.6 is 15.9 Å². The van der Waals surface area contributed by atoms with E-state index >= 15 is 0 Å². The van der Waals surface area contributed by atoms with E-state index in [1.54, 1.807) is 10.9 Å². The summed E-state index contributed by atoms with van der Waals surface area (Å²) >= 11 is 3.34. The van der Waals surface area contributed by atoms with Gasteiger partial charge in [-0.2, -0.15) is 5.10 Å². The van der Waals surface area contributed by atoms with Crippen LogP contribution in [0.2, 0.25) is 0 Å². The van der Waals surface area contributed by atoms with Crippen molar-refractivity contribution in [1.29, 1.82) is 0 Å². The summed E-state index contributed by atoms with van der Waals surface area (Å²) in [5, 5.41) is 7.05. The van der Waals surface area contributed by atoms with Gasteiger partial charge in [0.2, 0.25) is 5.91 Å². The summed E-state index contributed by atoms with van der Waals surface area (Å²) < 4.78 is 2.56. The van der Waals surface area contributed by atoms with E-state index in [0.717, 1.165) is 27.8 Å². The molecule has 1 amide bonds. The van der Waals surface area contributed by atoms with Crippen molar-refractivity contribution < 1.29 is 4.79 Å². The summed E-state index contributed by atoms with van der Waals surface area (Å²) in [5.74, 6) is 0.0415. The van der Waals surface area contributed by atoms with Crippen LogP contribution in [0.4, 0.5) is 11.4 Å². The number of amides is 1. The molecule has 6 heteroatoms. The molecule has 1 aromatic heterocycles. The Bertz CT molecular complexity index is 635. The van der Waals surface area contributed by atoms with Gasteiger partial charge in [0.1, 0.15) is 0 Å². The number of aryl methyl sites for hydroxylation is 1. The van der Waals surface area contributed by atoms with Crippen LogP contribution in [0.1, 0.15) is 12.0 Å². The van der Waals surface area contributed by atoms with Crippen LogP contribution in [0.15, 0.2) is 29.0 Å². The summed E-state index contributed by atoms with van der Waals surface area (Å²) in [5.41, 5.74) is 9.34. The molecule has 1 aliphatic rings. The largest absolute Gasteiger partial charge is 0.397 e. The Kier molecular flexibility index (Phi) is 2.59. The van der Waals surface area contributed by atoms with Crippen molar-refractivity contribution >= 4 is 33.2 Å². The van der Waals surface area contributed by atoms with Crippen molar-refractivity contribution in [3.8, 4) is 5.69 Å². The van der Waals surface area contributed by atoms with Crippen LogP contribution in [0.25, 0.3) is 5.69 Å². The summed E-state index contributed by atoms with van der Waals surface area (Å²) in [4.78, 5) is 11.4. The highest BCUT2D eigenvalue weighted by Gasteiger charge is 2.17. The fraction of sp³-hybridized carbons (Fsp3) is 0.167.